The lowest BCUT2D eigenvalue weighted by atomic mass is 10.2. The third-order valence-electron chi connectivity index (χ3n) is 3.31. The second-order valence-electron chi connectivity index (χ2n) is 4.84. The van der Waals surface area contributed by atoms with Crippen molar-refractivity contribution in [1.82, 2.24) is 9.55 Å². The van der Waals surface area contributed by atoms with Gasteiger partial charge in [0.2, 0.25) is 0 Å². The molecule has 1 aromatic heterocycles. The summed E-state index contributed by atoms with van der Waals surface area (Å²) >= 11 is 0. The van der Waals surface area contributed by atoms with Gasteiger partial charge >= 0.3 is 0 Å². The van der Waals surface area contributed by atoms with Crippen LogP contribution in [0.1, 0.15) is 19.2 Å². The highest BCUT2D eigenvalue weighted by atomic mass is 19.1. The van der Waals surface area contributed by atoms with E-state index in [2.05, 4.69) is 16.5 Å². The summed E-state index contributed by atoms with van der Waals surface area (Å²) in [5, 5.41) is 0. The zero-order valence-electron chi connectivity index (χ0n) is 11.3. The van der Waals surface area contributed by atoms with E-state index < -0.39 is 0 Å². The second kappa shape index (κ2) is 4.96. The molecule has 3 aromatic rings. The van der Waals surface area contributed by atoms with E-state index in [4.69, 9.17) is 5.73 Å². The van der Waals surface area contributed by atoms with E-state index in [0.29, 0.717) is 5.69 Å². The van der Waals surface area contributed by atoms with Crippen LogP contribution in [0.2, 0.25) is 0 Å². The molecule has 0 saturated heterocycles. The van der Waals surface area contributed by atoms with Crippen LogP contribution in [0.4, 0.5) is 10.1 Å². The molecule has 102 valence electrons. The van der Waals surface area contributed by atoms with Crippen molar-refractivity contribution >= 4 is 16.7 Å². The number of imidazole rings is 1. The molecule has 0 radical (unpaired) electrons. The molecule has 20 heavy (non-hydrogen) atoms. The van der Waals surface area contributed by atoms with Crippen LogP contribution >= 0.6 is 0 Å². The maximum atomic E-state index is 13.1. The van der Waals surface area contributed by atoms with Crippen LogP contribution < -0.4 is 5.73 Å². The van der Waals surface area contributed by atoms with Gasteiger partial charge in [0.05, 0.1) is 11.0 Å². The van der Waals surface area contributed by atoms with Crippen molar-refractivity contribution in [2.24, 2.45) is 0 Å². The van der Waals surface area contributed by atoms with Crippen LogP contribution in [0.5, 0.6) is 0 Å². The molecular formula is C16H16FN3. The minimum Gasteiger partial charge on any atom is -0.399 e. The van der Waals surface area contributed by atoms with E-state index >= 15 is 0 Å². The molecule has 3 nitrogen and oxygen atoms in total. The predicted molar refractivity (Wildman–Crippen MR) is 79.4 cm³/mol. The Morgan fingerprint density at radius 1 is 1.15 bits per heavy atom. The third-order valence-corrected chi connectivity index (χ3v) is 3.31. The molecular weight excluding hydrogens is 253 g/mol. The minimum atomic E-state index is -0.237. The van der Waals surface area contributed by atoms with E-state index in [1.807, 2.05) is 18.2 Å². The molecule has 1 heterocycles. The molecule has 0 aliphatic rings. The Morgan fingerprint density at radius 2 is 1.90 bits per heavy atom. The van der Waals surface area contributed by atoms with Crippen molar-refractivity contribution in [1.29, 1.82) is 0 Å². The second-order valence-corrected chi connectivity index (χ2v) is 4.84. The first-order chi connectivity index (χ1) is 9.69. The van der Waals surface area contributed by atoms with Gasteiger partial charge in [-0.05, 0) is 48.9 Å². The molecule has 0 fully saturated rings. The number of anilines is 1. The number of nitrogens with two attached hydrogens (primary N) is 1. The molecule has 3 rings (SSSR count). The average molecular weight is 269 g/mol. The van der Waals surface area contributed by atoms with Crippen LogP contribution in [0.25, 0.3) is 16.7 Å². The summed E-state index contributed by atoms with van der Waals surface area (Å²) in [6, 6.07) is 12.2. The normalized spacial score (nSPS) is 11.1. The summed E-state index contributed by atoms with van der Waals surface area (Å²) in [5.41, 5.74) is 9.30. The summed E-state index contributed by atoms with van der Waals surface area (Å²) in [4.78, 5) is 4.65. The number of rotatable bonds is 3. The molecule has 2 aromatic carbocycles. The van der Waals surface area contributed by atoms with Crippen LogP contribution in [0.15, 0.2) is 42.5 Å². The highest BCUT2D eigenvalue weighted by Gasteiger charge is 2.12. The molecule has 2 N–H and O–H groups in total. The van der Waals surface area contributed by atoms with Crippen molar-refractivity contribution in [2.75, 3.05) is 5.73 Å². The minimum absolute atomic E-state index is 0.237. The van der Waals surface area contributed by atoms with Crippen LogP contribution in [0, 0.1) is 5.82 Å². The van der Waals surface area contributed by atoms with Crippen LogP contribution in [0.3, 0.4) is 0 Å². The van der Waals surface area contributed by atoms with Gasteiger partial charge in [-0.25, -0.2) is 9.37 Å². The molecule has 0 unspecified atom stereocenters. The molecule has 0 saturated carbocycles. The number of nitrogens with zero attached hydrogens (tertiary/aromatic N) is 2. The van der Waals surface area contributed by atoms with Gasteiger partial charge in [-0.2, -0.15) is 0 Å². The number of aryl methyl sites for hydroxylation is 1. The van der Waals surface area contributed by atoms with E-state index in [-0.39, 0.29) is 5.82 Å². The first-order valence-electron chi connectivity index (χ1n) is 6.72. The molecule has 0 aliphatic carbocycles. The van der Waals surface area contributed by atoms with Crippen molar-refractivity contribution in [3.8, 4) is 5.69 Å². The lowest BCUT2D eigenvalue weighted by molar-refractivity contribution is 0.627. The first kappa shape index (κ1) is 12.7. The van der Waals surface area contributed by atoms with Gasteiger partial charge in [-0.3, -0.25) is 4.57 Å². The lowest BCUT2D eigenvalue weighted by Gasteiger charge is -2.08. The largest absolute Gasteiger partial charge is 0.399 e. The maximum Gasteiger partial charge on any atom is 0.123 e. The topological polar surface area (TPSA) is 43.8 Å². The smallest absolute Gasteiger partial charge is 0.123 e. The average Bonchev–Trinajstić information content (AvgIpc) is 2.77. The molecule has 0 amide bonds. The number of hydrogen-bond donors (Lipinski definition) is 1. The Morgan fingerprint density at radius 3 is 2.60 bits per heavy atom. The van der Waals surface area contributed by atoms with E-state index in [1.54, 1.807) is 12.1 Å². The summed E-state index contributed by atoms with van der Waals surface area (Å²) in [5.74, 6) is 0.735. The van der Waals surface area contributed by atoms with E-state index in [0.717, 1.165) is 35.4 Å². The standard InChI is InChI=1S/C16H16FN3/c1-2-3-16-19-14-10-12(18)6-9-15(14)20(16)13-7-4-11(17)5-8-13/h4-10H,2-3,18H2,1H3. The fourth-order valence-corrected chi connectivity index (χ4v) is 2.42. The quantitative estimate of drug-likeness (QED) is 0.737. The molecule has 0 spiro atoms. The zero-order chi connectivity index (χ0) is 14.1. The lowest BCUT2D eigenvalue weighted by Crippen LogP contribution is -2.01. The molecule has 4 heteroatoms. The monoisotopic (exact) mass is 269 g/mol. The van der Waals surface area contributed by atoms with Crippen molar-refractivity contribution in [2.45, 2.75) is 19.8 Å². The molecule has 0 aliphatic heterocycles. The Kier molecular flexibility index (Phi) is 3.14. The molecule has 0 bridgehead atoms. The van der Waals surface area contributed by atoms with Crippen molar-refractivity contribution < 1.29 is 4.39 Å². The molecule has 0 atom stereocenters. The third kappa shape index (κ3) is 2.13. The Labute approximate surface area is 116 Å². The summed E-state index contributed by atoms with van der Waals surface area (Å²) in [6.45, 7) is 2.11. The summed E-state index contributed by atoms with van der Waals surface area (Å²) < 4.78 is 15.2. The Bertz CT molecular complexity index is 744. The number of hydrogen-bond acceptors (Lipinski definition) is 2. The first-order valence-corrected chi connectivity index (χ1v) is 6.72. The van der Waals surface area contributed by atoms with Gasteiger partial charge in [0.15, 0.2) is 0 Å². The Hall–Kier alpha value is -2.36. The predicted octanol–water partition coefficient (Wildman–Crippen LogP) is 3.70. The van der Waals surface area contributed by atoms with E-state index in [9.17, 15) is 4.39 Å². The number of fused-ring (bicyclic) bond motifs is 1. The summed E-state index contributed by atoms with van der Waals surface area (Å²) in [7, 11) is 0. The van der Waals surface area contributed by atoms with Crippen molar-refractivity contribution in [3.63, 3.8) is 0 Å². The number of halogens is 1. The van der Waals surface area contributed by atoms with Gasteiger partial charge in [-0.15, -0.1) is 0 Å². The Balaban J connectivity index is 2.25. The fraction of sp³-hybridized carbons (Fsp3) is 0.188. The number of nitrogen functional groups attached to an aromatic ring is 1. The maximum absolute atomic E-state index is 13.1. The SMILES string of the molecule is CCCc1nc2cc(N)ccc2n1-c1ccc(F)cc1. The van der Waals surface area contributed by atoms with Gasteiger partial charge in [0.25, 0.3) is 0 Å². The van der Waals surface area contributed by atoms with Gasteiger partial charge in [0.1, 0.15) is 11.6 Å². The highest BCUT2D eigenvalue weighted by molar-refractivity contribution is 5.81. The highest BCUT2D eigenvalue weighted by Crippen LogP contribution is 2.24. The number of benzene rings is 2. The summed E-state index contributed by atoms with van der Waals surface area (Å²) in [6.07, 6.45) is 1.87. The van der Waals surface area contributed by atoms with Gasteiger partial charge < -0.3 is 5.73 Å². The van der Waals surface area contributed by atoms with Crippen LogP contribution in [-0.4, -0.2) is 9.55 Å². The zero-order valence-corrected chi connectivity index (χ0v) is 11.3. The van der Waals surface area contributed by atoms with Gasteiger partial charge in [0, 0.05) is 17.8 Å². The number of aromatic nitrogens is 2. The van der Waals surface area contributed by atoms with Crippen LogP contribution in [-0.2, 0) is 6.42 Å². The van der Waals surface area contributed by atoms with Crippen molar-refractivity contribution in [3.05, 3.63) is 54.1 Å². The van der Waals surface area contributed by atoms with Gasteiger partial charge in [-0.1, -0.05) is 6.92 Å². The fourth-order valence-electron chi connectivity index (χ4n) is 2.42. The van der Waals surface area contributed by atoms with E-state index in [1.165, 1.54) is 12.1 Å².